The number of nitrogens with zero attached hydrogens (tertiary/aromatic N) is 3. The van der Waals surface area contributed by atoms with Crippen molar-refractivity contribution in [1.82, 2.24) is 9.38 Å². The summed E-state index contributed by atoms with van der Waals surface area (Å²) < 4.78 is 3.58. The topological polar surface area (TPSA) is 41.1 Å². The lowest BCUT2D eigenvalue weighted by Gasteiger charge is -2.06. The molecule has 0 saturated carbocycles. The molecule has 4 aromatic carbocycles. The average Bonchev–Trinajstić information content (AvgIpc) is 3.43. The third-order valence-corrected chi connectivity index (χ3v) is 7.37. The van der Waals surface area contributed by atoms with Crippen LogP contribution in [0.15, 0.2) is 91.0 Å². The summed E-state index contributed by atoms with van der Waals surface area (Å²) in [4.78, 5) is 6.21. The van der Waals surface area contributed by atoms with E-state index in [1.165, 1.54) is 31.1 Å². The van der Waals surface area contributed by atoms with E-state index in [2.05, 4.69) is 71.1 Å². The Hall–Kier alpha value is -4.20. The van der Waals surface area contributed by atoms with E-state index in [0.29, 0.717) is 5.56 Å². The highest BCUT2D eigenvalue weighted by Crippen LogP contribution is 2.42. The highest BCUT2D eigenvalue weighted by atomic mass is 32.1. The maximum atomic E-state index is 9.12. The summed E-state index contributed by atoms with van der Waals surface area (Å²) in [6.45, 7) is 0. The minimum Gasteiger partial charge on any atom is -0.283 e. The Kier molecular flexibility index (Phi) is 3.49. The van der Waals surface area contributed by atoms with Gasteiger partial charge in [-0.05, 0) is 52.9 Å². The highest BCUT2D eigenvalue weighted by molar-refractivity contribution is 7.25. The van der Waals surface area contributed by atoms with Crippen molar-refractivity contribution >= 4 is 59.1 Å². The van der Waals surface area contributed by atoms with Crippen molar-refractivity contribution in [2.45, 2.75) is 0 Å². The van der Waals surface area contributed by atoms with Crippen LogP contribution < -0.4 is 0 Å². The standard InChI is InChI=1S/C28H15N3S/c29-16-17-9-11-18(12-10-17)19-13-14-25-22(15-19)26-20-5-1-2-6-21(20)27-30-23-7-3-4-8-24(23)31(27)28(26)32-25/h1-15H. The molecule has 0 bridgehead atoms. The quantitative estimate of drug-likeness (QED) is 0.272. The average molecular weight is 426 g/mol. The maximum absolute atomic E-state index is 9.12. The summed E-state index contributed by atoms with van der Waals surface area (Å²) in [5.74, 6) is 0. The molecule has 7 rings (SSSR count). The van der Waals surface area contributed by atoms with Crippen LogP contribution >= 0.6 is 11.3 Å². The zero-order chi connectivity index (χ0) is 21.2. The summed E-state index contributed by atoms with van der Waals surface area (Å²) in [7, 11) is 0. The van der Waals surface area contributed by atoms with Gasteiger partial charge in [-0.1, -0.05) is 54.6 Å². The Morgan fingerprint density at radius 2 is 1.50 bits per heavy atom. The first-order valence-electron chi connectivity index (χ1n) is 10.5. The van der Waals surface area contributed by atoms with Gasteiger partial charge in [-0.15, -0.1) is 11.3 Å². The molecule has 0 N–H and O–H groups in total. The molecule has 0 fully saturated rings. The summed E-state index contributed by atoms with van der Waals surface area (Å²) in [5.41, 5.74) is 6.10. The van der Waals surface area contributed by atoms with Gasteiger partial charge in [0.2, 0.25) is 0 Å². The number of nitriles is 1. The molecule has 3 aromatic heterocycles. The second-order valence-electron chi connectivity index (χ2n) is 7.99. The predicted octanol–water partition coefficient (Wildman–Crippen LogP) is 7.55. The molecule has 0 amide bonds. The first kappa shape index (κ1) is 17.5. The molecule has 3 nitrogen and oxygen atoms in total. The number of thiophene rings is 1. The third kappa shape index (κ3) is 2.31. The van der Waals surface area contributed by atoms with Crippen molar-refractivity contribution in [1.29, 1.82) is 5.26 Å². The Morgan fingerprint density at radius 1 is 0.750 bits per heavy atom. The van der Waals surface area contributed by atoms with Gasteiger partial charge in [0.1, 0.15) is 10.5 Å². The minimum atomic E-state index is 0.677. The number of hydrogen-bond donors (Lipinski definition) is 0. The zero-order valence-corrected chi connectivity index (χ0v) is 17.7. The molecule has 0 saturated heterocycles. The lowest BCUT2D eigenvalue weighted by molar-refractivity contribution is 1.34. The van der Waals surface area contributed by atoms with Crippen LogP contribution in [0.4, 0.5) is 0 Å². The molecule has 3 heterocycles. The second-order valence-corrected chi connectivity index (χ2v) is 9.02. The van der Waals surface area contributed by atoms with E-state index >= 15 is 0 Å². The lowest BCUT2D eigenvalue weighted by atomic mass is 10.0. The van der Waals surface area contributed by atoms with Crippen molar-refractivity contribution < 1.29 is 0 Å². The van der Waals surface area contributed by atoms with Gasteiger partial charge in [0, 0.05) is 20.9 Å². The molecule has 148 valence electrons. The van der Waals surface area contributed by atoms with E-state index in [-0.39, 0.29) is 0 Å². The number of aromatic nitrogens is 2. The smallest absolute Gasteiger partial charge is 0.147 e. The number of benzene rings is 4. The first-order valence-corrected chi connectivity index (χ1v) is 11.3. The Balaban J connectivity index is 1.65. The normalized spacial score (nSPS) is 11.7. The van der Waals surface area contributed by atoms with Crippen LogP contribution in [0.1, 0.15) is 5.56 Å². The molecular weight excluding hydrogens is 410 g/mol. The van der Waals surface area contributed by atoms with Gasteiger partial charge in [-0.3, -0.25) is 4.40 Å². The third-order valence-electron chi connectivity index (χ3n) is 6.22. The van der Waals surface area contributed by atoms with E-state index in [9.17, 15) is 0 Å². The van der Waals surface area contributed by atoms with Crippen molar-refractivity contribution in [3.05, 3.63) is 96.6 Å². The summed E-state index contributed by atoms with van der Waals surface area (Å²) >= 11 is 1.82. The molecule has 7 aromatic rings. The number of hydrogen-bond acceptors (Lipinski definition) is 3. The van der Waals surface area contributed by atoms with Crippen LogP contribution in [0.25, 0.3) is 58.9 Å². The zero-order valence-electron chi connectivity index (χ0n) is 16.9. The van der Waals surface area contributed by atoms with Crippen molar-refractivity contribution in [3.63, 3.8) is 0 Å². The molecule has 0 spiro atoms. The number of fused-ring (bicyclic) bond motifs is 10. The van der Waals surface area contributed by atoms with Crippen LogP contribution in [0.2, 0.25) is 0 Å². The van der Waals surface area contributed by atoms with Crippen LogP contribution in [-0.4, -0.2) is 9.38 Å². The van der Waals surface area contributed by atoms with Crippen molar-refractivity contribution in [2.75, 3.05) is 0 Å². The van der Waals surface area contributed by atoms with Gasteiger partial charge in [-0.25, -0.2) is 4.98 Å². The summed E-state index contributed by atoms with van der Waals surface area (Å²) in [6, 6.07) is 33.6. The van der Waals surface area contributed by atoms with Gasteiger partial charge in [0.25, 0.3) is 0 Å². The highest BCUT2D eigenvalue weighted by Gasteiger charge is 2.17. The molecule has 0 aliphatic rings. The predicted molar refractivity (Wildman–Crippen MR) is 133 cm³/mol. The maximum Gasteiger partial charge on any atom is 0.147 e. The monoisotopic (exact) mass is 425 g/mol. The summed E-state index contributed by atoms with van der Waals surface area (Å²) in [5, 5.41) is 14.0. The first-order chi connectivity index (χ1) is 15.8. The fourth-order valence-corrected chi connectivity index (χ4v) is 5.94. The lowest BCUT2D eigenvalue weighted by Crippen LogP contribution is -1.88. The molecule has 0 atom stereocenters. The molecule has 0 radical (unpaired) electrons. The van der Waals surface area contributed by atoms with Crippen LogP contribution in [0.3, 0.4) is 0 Å². The van der Waals surface area contributed by atoms with E-state index < -0.39 is 0 Å². The van der Waals surface area contributed by atoms with Gasteiger partial charge >= 0.3 is 0 Å². The van der Waals surface area contributed by atoms with Gasteiger partial charge in [-0.2, -0.15) is 5.26 Å². The largest absolute Gasteiger partial charge is 0.283 e. The van der Waals surface area contributed by atoms with E-state index in [1.54, 1.807) is 0 Å². The molecule has 0 aliphatic heterocycles. The minimum absolute atomic E-state index is 0.677. The van der Waals surface area contributed by atoms with Crippen LogP contribution in [0, 0.1) is 11.3 Å². The SMILES string of the molecule is N#Cc1ccc(-c2ccc3sc4c(c3c2)c2ccccc2c2nc3ccccc3n24)cc1. The van der Waals surface area contributed by atoms with Gasteiger partial charge < -0.3 is 0 Å². The molecule has 32 heavy (non-hydrogen) atoms. The van der Waals surface area contributed by atoms with E-state index in [1.807, 2.05) is 41.7 Å². The van der Waals surface area contributed by atoms with Crippen molar-refractivity contribution in [2.24, 2.45) is 0 Å². The molecule has 0 unspecified atom stereocenters. The van der Waals surface area contributed by atoms with E-state index in [4.69, 9.17) is 10.2 Å². The van der Waals surface area contributed by atoms with E-state index in [0.717, 1.165) is 27.8 Å². The Labute approximate surface area is 187 Å². The second kappa shape index (κ2) is 6.40. The van der Waals surface area contributed by atoms with Crippen LogP contribution in [-0.2, 0) is 0 Å². The fourth-order valence-electron chi connectivity index (χ4n) is 4.73. The Morgan fingerprint density at radius 3 is 2.34 bits per heavy atom. The Bertz CT molecular complexity index is 1880. The number of imidazole rings is 1. The van der Waals surface area contributed by atoms with Crippen LogP contribution in [0.5, 0.6) is 0 Å². The van der Waals surface area contributed by atoms with Gasteiger partial charge in [0.05, 0.1) is 22.7 Å². The number of rotatable bonds is 1. The van der Waals surface area contributed by atoms with Crippen molar-refractivity contribution in [3.8, 4) is 17.2 Å². The fraction of sp³-hybridized carbons (Fsp3) is 0. The number of pyridine rings is 1. The molecular formula is C28H15N3S. The molecule has 4 heteroatoms. The summed E-state index contributed by atoms with van der Waals surface area (Å²) in [6.07, 6.45) is 0. The number of para-hydroxylation sites is 2. The van der Waals surface area contributed by atoms with Gasteiger partial charge in [0.15, 0.2) is 0 Å². The molecule has 0 aliphatic carbocycles.